The van der Waals surface area contributed by atoms with Crippen molar-refractivity contribution in [1.82, 2.24) is 9.97 Å². The van der Waals surface area contributed by atoms with Gasteiger partial charge >= 0.3 is 0 Å². The smallest absolute Gasteiger partial charge is 0.150 e. The van der Waals surface area contributed by atoms with E-state index in [9.17, 15) is 0 Å². The minimum Gasteiger partial charge on any atom is -0.472 e. The highest BCUT2D eigenvalue weighted by atomic mass is 16.3. The number of hydrogen-bond donors (Lipinski definition) is 1. The fraction of sp³-hybridized carbons (Fsp3) is 0. The minimum absolute atomic E-state index is 0.416. The molecule has 60 valence electrons. The summed E-state index contributed by atoms with van der Waals surface area (Å²) in [5.74, 6) is 0.416. The summed E-state index contributed by atoms with van der Waals surface area (Å²) in [4.78, 5) is 7.98. The van der Waals surface area contributed by atoms with E-state index in [4.69, 9.17) is 10.2 Å². The van der Waals surface area contributed by atoms with Crippen molar-refractivity contribution in [3.8, 4) is 11.3 Å². The van der Waals surface area contributed by atoms with Crippen LogP contribution in [0.5, 0.6) is 0 Å². The van der Waals surface area contributed by atoms with E-state index in [1.807, 2.05) is 0 Å². The van der Waals surface area contributed by atoms with E-state index in [2.05, 4.69) is 9.97 Å². The normalized spacial score (nSPS) is 10.0. The van der Waals surface area contributed by atoms with E-state index < -0.39 is 0 Å². The van der Waals surface area contributed by atoms with Gasteiger partial charge in [0.05, 0.1) is 12.5 Å². The Bertz CT molecular complexity index is 370. The molecule has 4 nitrogen and oxygen atoms in total. The second kappa shape index (κ2) is 2.65. The van der Waals surface area contributed by atoms with Crippen molar-refractivity contribution in [2.24, 2.45) is 0 Å². The molecule has 0 atom stereocenters. The third kappa shape index (κ3) is 1.03. The van der Waals surface area contributed by atoms with Gasteiger partial charge in [-0.05, 0) is 6.07 Å². The zero-order valence-electron chi connectivity index (χ0n) is 6.27. The summed E-state index contributed by atoms with van der Waals surface area (Å²) >= 11 is 0. The number of aromatic nitrogens is 2. The monoisotopic (exact) mass is 161 g/mol. The Morgan fingerprint density at radius 1 is 1.25 bits per heavy atom. The van der Waals surface area contributed by atoms with E-state index in [1.165, 1.54) is 0 Å². The molecule has 2 rings (SSSR count). The molecule has 0 aliphatic heterocycles. The maximum atomic E-state index is 5.60. The molecule has 0 amide bonds. The van der Waals surface area contributed by atoms with Gasteiger partial charge in [-0.2, -0.15) is 0 Å². The molecule has 2 aromatic rings. The van der Waals surface area contributed by atoms with Crippen LogP contribution in [-0.2, 0) is 0 Å². The highest BCUT2D eigenvalue weighted by Gasteiger charge is 2.04. The van der Waals surface area contributed by atoms with Gasteiger partial charge < -0.3 is 10.2 Å². The third-order valence-electron chi connectivity index (χ3n) is 1.52. The average molecular weight is 161 g/mol. The molecule has 0 radical (unpaired) electrons. The predicted molar refractivity (Wildman–Crippen MR) is 44.1 cm³/mol. The molecule has 12 heavy (non-hydrogen) atoms. The maximum absolute atomic E-state index is 5.60. The molecule has 2 N–H and O–H groups in total. The Kier molecular flexibility index (Phi) is 1.51. The minimum atomic E-state index is 0.416. The van der Waals surface area contributed by atoms with Crippen LogP contribution in [-0.4, -0.2) is 9.97 Å². The van der Waals surface area contributed by atoms with Crippen molar-refractivity contribution in [1.29, 1.82) is 0 Å². The molecule has 0 aromatic carbocycles. The quantitative estimate of drug-likeness (QED) is 0.685. The van der Waals surface area contributed by atoms with Gasteiger partial charge in [-0.1, -0.05) is 0 Å². The van der Waals surface area contributed by atoms with Gasteiger partial charge in [0.15, 0.2) is 0 Å². The molecular formula is C8H7N3O. The Morgan fingerprint density at radius 3 is 2.75 bits per heavy atom. The molecule has 0 saturated heterocycles. The molecule has 0 unspecified atom stereocenters. The summed E-state index contributed by atoms with van der Waals surface area (Å²) in [5, 5.41) is 0. The molecule has 2 aromatic heterocycles. The van der Waals surface area contributed by atoms with Crippen LogP contribution in [0.2, 0.25) is 0 Å². The average Bonchev–Trinajstić information content (AvgIpc) is 2.57. The van der Waals surface area contributed by atoms with Gasteiger partial charge in [0.1, 0.15) is 11.5 Å². The second-order valence-corrected chi connectivity index (χ2v) is 2.30. The van der Waals surface area contributed by atoms with Crippen LogP contribution in [0.3, 0.4) is 0 Å². The highest BCUT2D eigenvalue weighted by molar-refractivity contribution is 5.67. The van der Waals surface area contributed by atoms with E-state index >= 15 is 0 Å². The van der Waals surface area contributed by atoms with E-state index in [1.54, 1.807) is 31.0 Å². The fourth-order valence-corrected chi connectivity index (χ4v) is 0.970. The first-order valence-corrected chi connectivity index (χ1v) is 3.47. The highest BCUT2D eigenvalue weighted by Crippen LogP contribution is 2.20. The third-order valence-corrected chi connectivity index (χ3v) is 1.52. The summed E-state index contributed by atoms with van der Waals surface area (Å²) in [7, 11) is 0. The van der Waals surface area contributed by atoms with Gasteiger partial charge in [-0.3, -0.25) is 4.98 Å². The van der Waals surface area contributed by atoms with Crippen molar-refractivity contribution >= 4 is 5.82 Å². The summed E-state index contributed by atoms with van der Waals surface area (Å²) in [6, 6.07) is 1.79. The van der Waals surface area contributed by atoms with Gasteiger partial charge in [0.25, 0.3) is 0 Å². The molecule has 0 spiro atoms. The number of anilines is 1. The molecule has 0 aliphatic rings. The molecule has 0 bridgehead atoms. The number of furan rings is 1. The van der Waals surface area contributed by atoms with E-state index in [0.717, 1.165) is 5.56 Å². The fourth-order valence-electron chi connectivity index (χ4n) is 0.970. The first kappa shape index (κ1) is 6.84. The van der Waals surface area contributed by atoms with E-state index in [0.29, 0.717) is 11.5 Å². The molecule has 2 heterocycles. The zero-order chi connectivity index (χ0) is 8.39. The van der Waals surface area contributed by atoms with Crippen molar-refractivity contribution in [3.63, 3.8) is 0 Å². The van der Waals surface area contributed by atoms with Crippen molar-refractivity contribution < 1.29 is 4.42 Å². The summed E-state index contributed by atoms with van der Waals surface area (Å²) in [6.07, 6.45) is 6.31. The maximum Gasteiger partial charge on any atom is 0.150 e. The Hall–Kier alpha value is -1.84. The van der Waals surface area contributed by atoms with Gasteiger partial charge in [0, 0.05) is 18.0 Å². The summed E-state index contributed by atoms with van der Waals surface area (Å²) in [6.45, 7) is 0. The lowest BCUT2D eigenvalue weighted by atomic mass is 10.2. The Balaban J connectivity index is 2.55. The topological polar surface area (TPSA) is 64.9 Å². The molecular weight excluding hydrogens is 154 g/mol. The molecule has 0 saturated carbocycles. The van der Waals surface area contributed by atoms with Crippen LogP contribution in [0.15, 0.2) is 35.4 Å². The van der Waals surface area contributed by atoms with Crippen LogP contribution < -0.4 is 5.73 Å². The van der Waals surface area contributed by atoms with Crippen LogP contribution in [0.4, 0.5) is 5.82 Å². The number of hydrogen-bond acceptors (Lipinski definition) is 4. The number of nitrogens with zero attached hydrogens (tertiary/aromatic N) is 2. The van der Waals surface area contributed by atoms with Crippen LogP contribution in [0, 0.1) is 0 Å². The zero-order valence-corrected chi connectivity index (χ0v) is 6.27. The van der Waals surface area contributed by atoms with E-state index in [-0.39, 0.29) is 0 Å². The molecule has 0 fully saturated rings. The summed E-state index contributed by atoms with van der Waals surface area (Å²) < 4.78 is 4.90. The van der Waals surface area contributed by atoms with Gasteiger partial charge in [-0.25, -0.2) is 4.98 Å². The lowest BCUT2D eigenvalue weighted by Crippen LogP contribution is -1.94. The van der Waals surface area contributed by atoms with Crippen molar-refractivity contribution in [3.05, 3.63) is 31.0 Å². The summed E-state index contributed by atoms with van der Waals surface area (Å²) in [5.41, 5.74) is 7.10. The lowest BCUT2D eigenvalue weighted by molar-refractivity contribution is 0.568. The van der Waals surface area contributed by atoms with Crippen molar-refractivity contribution in [2.75, 3.05) is 5.73 Å². The number of rotatable bonds is 1. The Labute approximate surface area is 69.1 Å². The van der Waals surface area contributed by atoms with Crippen LogP contribution in [0.25, 0.3) is 11.3 Å². The van der Waals surface area contributed by atoms with Crippen molar-refractivity contribution in [2.45, 2.75) is 0 Å². The lowest BCUT2D eigenvalue weighted by Gasteiger charge is -1.97. The molecule has 4 heteroatoms. The largest absolute Gasteiger partial charge is 0.472 e. The first-order chi connectivity index (χ1) is 5.88. The van der Waals surface area contributed by atoms with Crippen LogP contribution >= 0.6 is 0 Å². The number of nitrogen functional groups attached to an aromatic ring is 1. The van der Waals surface area contributed by atoms with Gasteiger partial charge in [0.2, 0.25) is 0 Å². The van der Waals surface area contributed by atoms with Gasteiger partial charge in [-0.15, -0.1) is 0 Å². The SMILES string of the molecule is Nc1nccnc1-c1ccoc1. The first-order valence-electron chi connectivity index (χ1n) is 3.47. The second-order valence-electron chi connectivity index (χ2n) is 2.30. The molecule has 0 aliphatic carbocycles. The standard InChI is InChI=1S/C8H7N3O/c9-8-7(10-2-3-11-8)6-1-4-12-5-6/h1-5H,(H2,9,11). The predicted octanol–water partition coefficient (Wildman–Crippen LogP) is 1.32. The van der Waals surface area contributed by atoms with Crippen LogP contribution in [0.1, 0.15) is 0 Å². The number of nitrogens with two attached hydrogens (primary N) is 1. The Morgan fingerprint density at radius 2 is 2.08 bits per heavy atom.